The van der Waals surface area contributed by atoms with Gasteiger partial charge >= 0.3 is 0 Å². The second-order valence-electron chi connectivity index (χ2n) is 10.00. The summed E-state index contributed by atoms with van der Waals surface area (Å²) < 4.78 is 0. The van der Waals surface area contributed by atoms with Crippen LogP contribution in [0, 0.1) is 0 Å². The topological polar surface area (TPSA) is 0 Å². The third-order valence-corrected chi connectivity index (χ3v) is 6.45. The van der Waals surface area contributed by atoms with E-state index in [0.717, 1.165) is 0 Å². The number of rotatable bonds is 15. The largest absolute Gasteiger partial charge is 0.0654 e. The number of benzene rings is 1. The third-order valence-electron chi connectivity index (χ3n) is 6.45. The van der Waals surface area contributed by atoms with Crippen LogP contribution in [0.25, 0.3) is 0 Å². The van der Waals surface area contributed by atoms with Crippen molar-refractivity contribution >= 4 is 0 Å². The SMILES string of the molecule is CCCCCCCCCC(C)(C)c1ccccc1C(C)(C)CCCCCC. The van der Waals surface area contributed by atoms with Crippen LogP contribution >= 0.6 is 0 Å². The van der Waals surface area contributed by atoms with Crippen molar-refractivity contribution < 1.29 is 0 Å². The van der Waals surface area contributed by atoms with Gasteiger partial charge in [-0.25, -0.2) is 0 Å². The zero-order chi connectivity index (χ0) is 20.2. The van der Waals surface area contributed by atoms with Crippen molar-refractivity contribution in [2.75, 3.05) is 0 Å². The number of unbranched alkanes of at least 4 members (excludes halogenated alkanes) is 9. The van der Waals surface area contributed by atoms with E-state index in [0.29, 0.717) is 0 Å². The van der Waals surface area contributed by atoms with Crippen LogP contribution in [0.2, 0.25) is 0 Å². The second kappa shape index (κ2) is 12.6. The van der Waals surface area contributed by atoms with Crippen molar-refractivity contribution in [1.29, 1.82) is 0 Å². The molecule has 0 unspecified atom stereocenters. The van der Waals surface area contributed by atoms with Gasteiger partial charge in [0.15, 0.2) is 0 Å². The van der Waals surface area contributed by atoms with E-state index in [9.17, 15) is 0 Å². The lowest BCUT2D eigenvalue weighted by atomic mass is 9.70. The fourth-order valence-electron chi connectivity index (χ4n) is 4.45. The summed E-state index contributed by atoms with van der Waals surface area (Å²) in [5.41, 5.74) is 3.74. The molecule has 0 nitrogen and oxygen atoms in total. The summed E-state index contributed by atoms with van der Waals surface area (Å²) in [4.78, 5) is 0. The zero-order valence-corrected chi connectivity index (χ0v) is 19.5. The van der Waals surface area contributed by atoms with Crippen molar-refractivity contribution in [2.24, 2.45) is 0 Å². The molecule has 0 heteroatoms. The lowest BCUT2D eigenvalue weighted by molar-refractivity contribution is 0.406. The normalized spacial score (nSPS) is 12.5. The molecule has 0 N–H and O–H groups in total. The molecular formula is C27H48. The Hall–Kier alpha value is -0.780. The first-order valence-corrected chi connectivity index (χ1v) is 11.9. The highest BCUT2D eigenvalue weighted by atomic mass is 14.3. The van der Waals surface area contributed by atoms with Crippen LogP contribution in [-0.4, -0.2) is 0 Å². The van der Waals surface area contributed by atoms with Gasteiger partial charge in [0.1, 0.15) is 0 Å². The minimum absolute atomic E-state index is 0.278. The van der Waals surface area contributed by atoms with Gasteiger partial charge in [0.05, 0.1) is 0 Å². The number of hydrogen-bond donors (Lipinski definition) is 0. The predicted octanol–water partition coefficient (Wildman–Crippen LogP) is 9.35. The highest BCUT2D eigenvalue weighted by molar-refractivity contribution is 5.38. The molecule has 0 aliphatic carbocycles. The van der Waals surface area contributed by atoms with Crippen LogP contribution < -0.4 is 0 Å². The molecule has 0 aliphatic heterocycles. The van der Waals surface area contributed by atoms with Crippen molar-refractivity contribution in [2.45, 2.75) is 136 Å². The zero-order valence-electron chi connectivity index (χ0n) is 19.5. The molecule has 1 aromatic rings. The monoisotopic (exact) mass is 372 g/mol. The van der Waals surface area contributed by atoms with E-state index in [2.05, 4.69) is 65.8 Å². The molecule has 27 heavy (non-hydrogen) atoms. The molecule has 0 atom stereocenters. The van der Waals surface area contributed by atoms with Crippen LogP contribution in [-0.2, 0) is 10.8 Å². The van der Waals surface area contributed by atoms with E-state index >= 15 is 0 Å². The molecule has 0 bridgehead atoms. The van der Waals surface area contributed by atoms with E-state index < -0.39 is 0 Å². The second-order valence-corrected chi connectivity index (χ2v) is 10.00. The van der Waals surface area contributed by atoms with Gasteiger partial charge in [0.2, 0.25) is 0 Å². The van der Waals surface area contributed by atoms with E-state index in [4.69, 9.17) is 0 Å². The first kappa shape index (κ1) is 24.3. The van der Waals surface area contributed by atoms with Gasteiger partial charge in [0, 0.05) is 0 Å². The molecule has 1 rings (SSSR count). The maximum atomic E-state index is 2.47. The Kier molecular flexibility index (Phi) is 11.4. The highest BCUT2D eigenvalue weighted by Gasteiger charge is 2.29. The summed E-state index contributed by atoms with van der Waals surface area (Å²) in [5, 5.41) is 0. The van der Waals surface area contributed by atoms with Crippen LogP contribution in [0.5, 0.6) is 0 Å². The van der Waals surface area contributed by atoms with Crippen LogP contribution in [0.3, 0.4) is 0 Å². The Morgan fingerprint density at radius 2 is 0.852 bits per heavy atom. The fourth-order valence-corrected chi connectivity index (χ4v) is 4.45. The lowest BCUT2D eigenvalue weighted by Gasteiger charge is -2.35. The summed E-state index contributed by atoms with van der Waals surface area (Å²) >= 11 is 0. The molecule has 0 saturated carbocycles. The van der Waals surface area contributed by atoms with Crippen molar-refractivity contribution in [3.8, 4) is 0 Å². The first-order valence-electron chi connectivity index (χ1n) is 11.9. The fraction of sp³-hybridized carbons (Fsp3) is 0.778. The molecule has 0 fully saturated rings. The quantitative estimate of drug-likeness (QED) is 0.269. The Morgan fingerprint density at radius 3 is 1.26 bits per heavy atom. The minimum Gasteiger partial charge on any atom is -0.0654 e. The van der Waals surface area contributed by atoms with Gasteiger partial charge in [-0.2, -0.15) is 0 Å². The maximum absolute atomic E-state index is 2.47. The molecule has 0 heterocycles. The summed E-state index contributed by atoms with van der Waals surface area (Å²) in [6, 6.07) is 9.31. The van der Waals surface area contributed by atoms with Crippen molar-refractivity contribution in [1.82, 2.24) is 0 Å². The van der Waals surface area contributed by atoms with Gasteiger partial charge in [-0.05, 0) is 34.8 Å². The Balaban J connectivity index is 2.66. The molecule has 0 aliphatic rings. The molecule has 0 spiro atoms. The number of hydrogen-bond acceptors (Lipinski definition) is 0. The lowest BCUT2D eigenvalue weighted by Crippen LogP contribution is -2.26. The highest BCUT2D eigenvalue weighted by Crippen LogP contribution is 2.39. The summed E-state index contributed by atoms with van der Waals surface area (Å²) in [6.45, 7) is 14.5. The molecule has 0 radical (unpaired) electrons. The van der Waals surface area contributed by atoms with Gasteiger partial charge < -0.3 is 0 Å². The smallest absolute Gasteiger partial charge is 0.0101 e. The predicted molar refractivity (Wildman–Crippen MR) is 124 cm³/mol. The van der Waals surface area contributed by atoms with Crippen LogP contribution in [0.1, 0.15) is 136 Å². The average Bonchev–Trinajstić information content (AvgIpc) is 2.64. The molecule has 1 aromatic carbocycles. The van der Waals surface area contributed by atoms with Crippen LogP contribution in [0.15, 0.2) is 24.3 Å². The van der Waals surface area contributed by atoms with Crippen LogP contribution in [0.4, 0.5) is 0 Å². The van der Waals surface area contributed by atoms with E-state index in [1.165, 1.54) is 83.5 Å². The van der Waals surface area contributed by atoms with Crippen molar-refractivity contribution in [3.63, 3.8) is 0 Å². The molecule has 0 aromatic heterocycles. The summed E-state index contributed by atoms with van der Waals surface area (Å²) in [6.07, 6.45) is 17.8. The Bertz CT molecular complexity index is 495. The van der Waals surface area contributed by atoms with Crippen molar-refractivity contribution in [3.05, 3.63) is 35.4 Å². The minimum atomic E-state index is 0.278. The summed E-state index contributed by atoms with van der Waals surface area (Å²) in [7, 11) is 0. The Morgan fingerprint density at radius 1 is 0.519 bits per heavy atom. The average molecular weight is 373 g/mol. The van der Waals surface area contributed by atoms with Gasteiger partial charge in [-0.1, -0.05) is 136 Å². The first-order chi connectivity index (χ1) is 12.8. The van der Waals surface area contributed by atoms with E-state index in [-0.39, 0.29) is 10.8 Å². The van der Waals surface area contributed by atoms with Gasteiger partial charge in [-0.3, -0.25) is 0 Å². The molecule has 156 valence electrons. The molecule has 0 amide bonds. The standard InChI is InChI=1S/C27H48/c1-7-9-11-13-14-15-19-23-27(5,6)25-21-17-16-20-24(25)26(3,4)22-18-12-10-8-2/h16-17,20-21H,7-15,18-19,22-23H2,1-6H3. The summed E-state index contributed by atoms with van der Waals surface area (Å²) in [5.74, 6) is 0. The van der Waals surface area contributed by atoms with Gasteiger partial charge in [-0.15, -0.1) is 0 Å². The van der Waals surface area contributed by atoms with E-state index in [1.54, 1.807) is 11.1 Å². The molecule has 0 saturated heterocycles. The van der Waals surface area contributed by atoms with Gasteiger partial charge in [0.25, 0.3) is 0 Å². The Labute approximate surface area is 171 Å². The van der Waals surface area contributed by atoms with E-state index in [1.807, 2.05) is 0 Å². The maximum Gasteiger partial charge on any atom is -0.0101 e. The third kappa shape index (κ3) is 8.84. The molecular weight excluding hydrogens is 324 g/mol.